The topological polar surface area (TPSA) is 73.0 Å². The van der Waals surface area contributed by atoms with Gasteiger partial charge in [0.1, 0.15) is 12.4 Å². The smallest absolute Gasteiger partial charge is 0.223 e. The van der Waals surface area contributed by atoms with Gasteiger partial charge in [0.2, 0.25) is 5.91 Å². The second kappa shape index (κ2) is 5.53. The summed E-state index contributed by atoms with van der Waals surface area (Å²) in [5, 5.41) is 0. The number of fused-ring (bicyclic) bond motifs is 1. The van der Waals surface area contributed by atoms with Crippen molar-refractivity contribution >= 4 is 18.1 Å². The standard InChI is InChI=1S/C14H13F2N3O2S/c15-8-1-7-2-10(6-21-13(7)11(16)3-8)19-9(4-12(17)20)5-18-14(19)22/h1,3,5,10H,2,4,6H2,(H2,17,20)(H,18,22)/t10-/m1/s1. The maximum absolute atomic E-state index is 13.7. The van der Waals surface area contributed by atoms with Crippen LogP contribution in [0.25, 0.3) is 0 Å². The first-order valence-electron chi connectivity index (χ1n) is 6.63. The lowest BCUT2D eigenvalue weighted by Crippen LogP contribution is -2.27. The number of hydrogen-bond donors (Lipinski definition) is 2. The Labute approximate surface area is 129 Å². The number of ether oxygens (including phenoxy) is 1. The summed E-state index contributed by atoms with van der Waals surface area (Å²) in [5.74, 6) is -1.80. The van der Waals surface area contributed by atoms with Crippen molar-refractivity contribution in [2.45, 2.75) is 18.9 Å². The molecule has 3 rings (SSSR count). The fourth-order valence-electron chi connectivity index (χ4n) is 2.71. The Bertz CT molecular complexity index is 800. The Balaban J connectivity index is 1.97. The fourth-order valence-corrected chi connectivity index (χ4v) is 3.04. The van der Waals surface area contributed by atoms with E-state index in [1.807, 2.05) is 0 Å². The number of aromatic nitrogens is 2. The number of halogens is 2. The quantitative estimate of drug-likeness (QED) is 0.848. The maximum Gasteiger partial charge on any atom is 0.223 e. The molecule has 0 saturated heterocycles. The zero-order valence-corrected chi connectivity index (χ0v) is 12.3. The highest BCUT2D eigenvalue weighted by Crippen LogP contribution is 2.33. The largest absolute Gasteiger partial charge is 0.488 e. The summed E-state index contributed by atoms with van der Waals surface area (Å²) in [4.78, 5) is 14.0. The van der Waals surface area contributed by atoms with Crippen LogP contribution >= 0.6 is 12.2 Å². The molecule has 0 aliphatic carbocycles. The van der Waals surface area contributed by atoms with Gasteiger partial charge in [-0.15, -0.1) is 0 Å². The summed E-state index contributed by atoms with van der Waals surface area (Å²) >= 11 is 5.21. The number of rotatable bonds is 3. The molecular formula is C14H13F2N3O2S. The number of hydrogen-bond acceptors (Lipinski definition) is 3. The van der Waals surface area contributed by atoms with E-state index in [4.69, 9.17) is 22.7 Å². The van der Waals surface area contributed by atoms with Gasteiger partial charge in [-0.1, -0.05) is 0 Å². The van der Waals surface area contributed by atoms with E-state index in [0.29, 0.717) is 22.4 Å². The van der Waals surface area contributed by atoms with Crippen LogP contribution in [0, 0.1) is 16.4 Å². The second-order valence-corrected chi connectivity index (χ2v) is 5.53. The lowest BCUT2D eigenvalue weighted by Gasteiger charge is -2.27. The van der Waals surface area contributed by atoms with E-state index in [9.17, 15) is 13.6 Å². The molecule has 1 amide bonds. The summed E-state index contributed by atoms with van der Waals surface area (Å²) in [6.45, 7) is 0.174. The lowest BCUT2D eigenvalue weighted by molar-refractivity contribution is -0.117. The van der Waals surface area contributed by atoms with Crippen molar-refractivity contribution in [3.8, 4) is 5.75 Å². The summed E-state index contributed by atoms with van der Waals surface area (Å²) in [5.41, 5.74) is 6.27. The molecule has 3 N–H and O–H groups in total. The van der Waals surface area contributed by atoms with E-state index >= 15 is 0 Å². The molecule has 0 fully saturated rings. The SMILES string of the molecule is NC(=O)Cc1c[nH]c(=S)n1[C@H]1COc2c(F)cc(F)cc2C1. The number of benzene rings is 1. The molecular weight excluding hydrogens is 312 g/mol. The highest BCUT2D eigenvalue weighted by Gasteiger charge is 2.26. The van der Waals surface area contributed by atoms with Crippen molar-refractivity contribution in [1.29, 1.82) is 0 Å². The van der Waals surface area contributed by atoms with Crippen molar-refractivity contribution in [2.24, 2.45) is 5.73 Å². The van der Waals surface area contributed by atoms with Crippen LogP contribution < -0.4 is 10.5 Å². The predicted molar refractivity (Wildman–Crippen MR) is 77.1 cm³/mol. The Kier molecular flexibility index (Phi) is 3.69. The van der Waals surface area contributed by atoms with E-state index in [2.05, 4.69) is 4.98 Å². The highest BCUT2D eigenvalue weighted by atomic mass is 32.1. The molecule has 116 valence electrons. The lowest BCUT2D eigenvalue weighted by atomic mass is 10.0. The van der Waals surface area contributed by atoms with Gasteiger partial charge < -0.3 is 20.0 Å². The van der Waals surface area contributed by atoms with Crippen molar-refractivity contribution in [2.75, 3.05) is 6.61 Å². The van der Waals surface area contributed by atoms with E-state index in [1.54, 1.807) is 10.8 Å². The zero-order chi connectivity index (χ0) is 15.9. The molecule has 1 aliphatic rings. The Morgan fingerprint density at radius 3 is 3.00 bits per heavy atom. The first-order chi connectivity index (χ1) is 10.5. The zero-order valence-electron chi connectivity index (χ0n) is 11.4. The Morgan fingerprint density at radius 2 is 2.27 bits per heavy atom. The van der Waals surface area contributed by atoms with Gasteiger partial charge >= 0.3 is 0 Å². The molecule has 1 atom stereocenters. The monoisotopic (exact) mass is 325 g/mol. The van der Waals surface area contributed by atoms with Crippen LogP contribution in [0.2, 0.25) is 0 Å². The molecule has 1 aromatic carbocycles. The molecule has 2 aromatic rings. The molecule has 0 saturated carbocycles. The van der Waals surface area contributed by atoms with Crippen LogP contribution in [-0.2, 0) is 17.6 Å². The minimum Gasteiger partial charge on any atom is -0.488 e. The number of aromatic amines is 1. The Morgan fingerprint density at radius 1 is 1.50 bits per heavy atom. The van der Waals surface area contributed by atoms with Gasteiger partial charge in [0, 0.05) is 29.9 Å². The highest BCUT2D eigenvalue weighted by molar-refractivity contribution is 7.71. The number of H-pyrrole nitrogens is 1. The van der Waals surface area contributed by atoms with E-state index in [0.717, 1.165) is 6.07 Å². The summed E-state index contributed by atoms with van der Waals surface area (Å²) in [6, 6.07) is 1.77. The number of amides is 1. The number of nitrogens with zero attached hydrogens (tertiary/aromatic N) is 1. The van der Waals surface area contributed by atoms with Crippen LogP contribution in [0.4, 0.5) is 8.78 Å². The molecule has 0 unspecified atom stereocenters. The number of carbonyl (C=O) groups is 1. The molecule has 0 spiro atoms. The first-order valence-corrected chi connectivity index (χ1v) is 7.04. The number of nitrogens with two attached hydrogens (primary N) is 1. The van der Waals surface area contributed by atoms with Crippen molar-refractivity contribution in [1.82, 2.24) is 9.55 Å². The number of carbonyl (C=O) groups excluding carboxylic acids is 1. The van der Waals surface area contributed by atoms with Gasteiger partial charge in [0.15, 0.2) is 16.3 Å². The second-order valence-electron chi connectivity index (χ2n) is 5.14. The van der Waals surface area contributed by atoms with Gasteiger partial charge in [-0.25, -0.2) is 8.78 Å². The number of nitrogens with one attached hydrogen (secondary N) is 1. The summed E-state index contributed by atoms with van der Waals surface area (Å²) < 4.78 is 34.6. The minimum atomic E-state index is -0.719. The molecule has 22 heavy (non-hydrogen) atoms. The van der Waals surface area contributed by atoms with Crippen LogP contribution in [-0.4, -0.2) is 22.1 Å². The summed E-state index contributed by atoms with van der Waals surface area (Å²) in [6.07, 6.45) is 1.98. The van der Waals surface area contributed by atoms with E-state index < -0.39 is 17.5 Å². The molecule has 2 heterocycles. The van der Waals surface area contributed by atoms with Crippen molar-refractivity contribution in [3.05, 3.63) is 46.0 Å². The minimum absolute atomic E-state index is 0.0218. The molecule has 1 aromatic heterocycles. The third-order valence-corrected chi connectivity index (χ3v) is 3.89. The molecule has 0 radical (unpaired) electrons. The summed E-state index contributed by atoms with van der Waals surface area (Å²) in [7, 11) is 0. The molecule has 5 nitrogen and oxygen atoms in total. The van der Waals surface area contributed by atoms with Gasteiger partial charge in [-0.3, -0.25) is 4.79 Å². The van der Waals surface area contributed by atoms with Crippen molar-refractivity contribution < 1.29 is 18.3 Å². The van der Waals surface area contributed by atoms with Crippen LogP contribution in [0.3, 0.4) is 0 Å². The molecule has 8 heteroatoms. The first kappa shape index (κ1) is 14.7. The van der Waals surface area contributed by atoms with Gasteiger partial charge in [0.05, 0.1) is 12.5 Å². The third kappa shape index (κ3) is 2.61. The Hall–Kier alpha value is -2.22. The fraction of sp³-hybridized carbons (Fsp3) is 0.286. The number of primary amides is 1. The van der Waals surface area contributed by atoms with Crippen LogP contribution in [0.1, 0.15) is 17.3 Å². The average molecular weight is 325 g/mol. The molecule has 1 aliphatic heterocycles. The van der Waals surface area contributed by atoms with Crippen LogP contribution in [0.15, 0.2) is 18.3 Å². The normalized spacial score (nSPS) is 16.9. The van der Waals surface area contributed by atoms with E-state index in [1.165, 1.54) is 6.07 Å². The number of imidazole rings is 1. The van der Waals surface area contributed by atoms with Gasteiger partial charge in [0.25, 0.3) is 0 Å². The average Bonchev–Trinajstić information content (AvgIpc) is 2.78. The van der Waals surface area contributed by atoms with E-state index in [-0.39, 0.29) is 24.8 Å². The van der Waals surface area contributed by atoms with Gasteiger partial charge in [-0.05, 0) is 18.3 Å². The van der Waals surface area contributed by atoms with Crippen molar-refractivity contribution in [3.63, 3.8) is 0 Å². The van der Waals surface area contributed by atoms with Crippen LogP contribution in [0.5, 0.6) is 5.75 Å². The predicted octanol–water partition coefficient (Wildman–Crippen LogP) is 2.03. The third-order valence-electron chi connectivity index (χ3n) is 3.57. The molecule has 0 bridgehead atoms. The van der Waals surface area contributed by atoms with Gasteiger partial charge in [-0.2, -0.15) is 0 Å². The maximum atomic E-state index is 13.7.